The summed E-state index contributed by atoms with van der Waals surface area (Å²) in [7, 11) is 1.66. The van der Waals surface area contributed by atoms with Crippen LogP contribution in [0.25, 0.3) is 10.2 Å². The van der Waals surface area contributed by atoms with Crippen LogP contribution in [-0.4, -0.2) is 23.7 Å². The highest BCUT2D eigenvalue weighted by Crippen LogP contribution is 2.26. The van der Waals surface area contributed by atoms with Gasteiger partial charge in [-0.15, -0.1) is 11.3 Å². The molecule has 2 rings (SSSR count). The molecule has 2 aromatic heterocycles. The van der Waals surface area contributed by atoms with E-state index in [1.807, 2.05) is 13.0 Å². The number of ether oxygens (including phenoxy) is 1. The van der Waals surface area contributed by atoms with Crippen LogP contribution in [0.1, 0.15) is 10.7 Å². The van der Waals surface area contributed by atoms with Gasteiger partial charge in [-0.2, -0.15) is 0 Å². The molecule has 0 aliphatic carbocycles. The fraction of sp³-hybridized carbons (Fsp3) is 0.400. The van der Waals surface area contributed by atoms with Crippen molar-refractivity contribution in [2.75, 3.05) is 19.5 Å². The number of methoxy groups -OCH3 is 1. The van der Waals surface area contributed by atoms with Gasteiger partial charge in [-0.3, -0.25) is 0 Å². The van der Waals surface area contributed by atoms with E-state index in [1.165, 1.54) is 4.88 Å². The maximum Gasteiger partial charge on any atom is 0.135 e. The van der Waals surface area contributed by atoms with E-state index in [4.69, 9.17) is 10.5 Å². The number of aryl methyl sites for hydroxylation is 1. The zero-order valence-corrected chi connectivity index (χ0v) is 9.60. The Morgan fingerprint density at radius 1 is 1.47 bits per heavy atom. The van der Waals surface area contributed by atoms with Crippen molar-refractivity contribution in [3.8, 4) is 0 Å². The van der Waals surface area contributed by atoms with Gasteiger partial charge in [-0.1, -0.05) is 0 Å². The lowest BCUT2D eigenvalue weighted by Crippen LogP contribution is -2.03. The van der Waals surface area contributed by atoms with Gasteiger partial charge in [0.05, 0.1) is 12.0 Å². The Hall–Kier alpha value is -1.20. The molecule has 0 radical (unpaired) electrons. The summed E-state index contributed by atoms with van der Waals surface area (Å²) in [6.45, 7) is 2.66. The van der Waals surface area contributed by atoms with Crippen molar-refractivity contribution >= 4 is 27.4 Å². The van der Waals surface area contributed by atoms with Gasteiger partial charge in [0.15, 0.2) is 0 Å². The predicted octanol–water partition coefficient (Wildman–Crippen LogP) is 1.77. The standard InChI is InChI=1S/C10H13N3OS/c1-6-5-7-9(11)12-8(3-4-14-2)13-10(7)15-6/h5H,3-4H2,1-2H3,(H2,11,12,13). The van der Waals surface area contributed by atoms with E-state index in [2.05, 4.69) is 9.97 Å². The molecule has 4 nitrogen and oxygen atoms in total. The van der Waals surface area contributed by atoms with Crippen molar-refractivity contribution in [1.29, 1.82) is 0 Å². The highest BCUT2D eigenvalue weighted by Gasteiger charge is 2.07. The first kappa shape index (κ1) is 10.3. The summed E-state index contributed by atoms with van der Waals surface area (Å²) in [6.07, 6.45) is 0.702. The molecule has 2 heterocycles. The summed E-state index contributed by atoms with van der Waals surface area (Å²) >= 11 is 1.64. The quantitative estimate of drug-likeness (QED) is 0.861. The zero-order chi connectivity index (χ0) is 10.8. The van der Waals surface area contributed by atoms with Crippen molar-refractivity contribution in [1.82, 2.24) is 9.97 Å². The van der Waals surface area contributed by atoms with E-state index in [0.717, 1.165) is 16.0 Å². The smallest absolute Gasteiger partial charge is 0.135 e. The van der Waals surface area contributed by atoms with Crippen molar-refractivity contribution in [3.63, 3.8) is 0 Å². The van der Waals surface area contributed by atoms with Gasteiger partial charge >= 0.3 is 0 Å². The van der Waals surface area contributed by atoms with E-state index in [1.54, 1.807) is 18.4 Å². The first-order chi connectivity index (χ1) is 7.20. The molecule has 0 spiro atoms. The summed E-state index contributed by atoms with van der Waals surface area (Å²) in [4.78, 5) is 10.9. The van der Waals surface area contributed by atoms with Crippen molar-refractivity contribution < 1.29 is 4.74 Å². The summed E-state index contributed by atoms with van der Waals surface area (Å²) in [6, 6.07) is 2.02. The van der Waals surface area contributed by atoms with Gasteiger partial charge in [-0.25, -0.2) is 9.97 Å². The Kier molecular flexibility index (Phi) is 2.83. The number of hydrogen-bond acceptors (Lipinski definition) is 5. The largest absolute Gasteiger partial charge is 0.384 e. The number of hydrogen-bond donors (Lipinski definition) is 1. The fourth-order valence-corrected chi connectivity index (χ4v) is 2.32. The number of thiophene rings is 1. The number of nitrogens with zero attached hydrogens (tertiary/aromatic N) is 2. The third-order valence-corrected chi connectivity index (χ3v) is 3.07. The number of rotatable bonds is 3. The van der Waals surface area contributed by atoms with E-state index in [0.29, 0.717) is 18.8 Å². The number of nitrogens with two attached hydrogens (primary N) is 1. The summed E-state index contributed by atoms with van der Waals surface area (Å²) in [5.74, 6) is 1.32. The Labute approximate surface area is 92.1 Å². The van der Waals surface area contributed by atoms with Crippen molar-refractivity contribution in [3.05, 3.63) is 16.8 Å². The molecule has 80 valence electrons. The molecule has 0 unspecified atom stereocenters. The SMILES string of the molecule is COCCc1nc(N)c2cc(C)sc2n1. The average molecular weight is 223 g/mol. The Morgan fingerprint density at radius 3 is 3.00 bits per heavy atom. The van der Waals surface area contributed by atoms with Gasteiger partial charge in [-0.05, 0) is 13.0 Å². The maximum absolute atomic E-state index is 5.86. The minimum atomic E-state index is 0.565. The van der Waals surface area contributed by atoms with E-state index >= 15 is 0 Å². The van der Waals surface area contributed by atoms with Crippen molar-refractivity contribution in [2.24, 2.45) is 0 Å². The van der Waals surface area contributed by atoms with Crippen molar-refractivity contribution in [2.45, 2.75) is 13.3 Å². The molecule has 0 aliphatic heterocycles. The van der Waals surface area contributed by atoms with Gasteiger partial charge in [0.25, 0.3) is 0 Å². The molecule has 0 atom stereocenters. The number of anilines is 1. The normalized spacial score (nSPS) is 11.1. The highest BCUT2D eigenvalue weighted by molar-refractivity contribution is 7.18. The monoisotopic (exact) mass is 223 g/mol. The van der Waals surface area contributed by atoms with Crippen LogP contribution in [0.3, 0.4) is 0 Å². The molecule has 5 heteroatoms. The molecular weight excluding hydrogens is 210 g/mol. The molecule has 0 fully saturated rings. The van der Waals surface area contributed by atoms with Crippen LogP contribution in [-0.2, 0) is 11.2 Å². The van der Waals surface area contributed by atoms with Gasteiger partial charge < -0.3 is 10.5 Å². The molecule has 0 aromatic carbocycles. The number of nitrogen functional groups attached to an aromatic ring is 1. The third-order valence-electron chi connectivity index (χ3n) is 2.12. The summed E-state index contributed by atoms with van der Waals surface area (Å²) < 4.78 is 4.99. The molecule has 0 saturated heterocycles. The summed E-state index contributed by atoms with van der Waals surface area (Å²) in [5, 5.41) is 0.957. The van der Waals surface area contributed by atoms with Crippen LogP contribution in [0.15, 0.2) is 6.07 Å². The molecular formula is C10H13N3OS. The van der Waals surface area contributed by atoms with Gasteiger partial charge in [0.1, 0.15) is 16.5 Å². The average Bonchev–Trinajstić information content (AvgIpc) is 2.56. The van der Waals surface area contributed by atoms with Crippen LogP contribution < -0.4 is 5.73 Å². The Balaban J connectivity index is 2.42. The molecule has 2 aromatic rings. The Bertz CT molecular complexity index is 481. The minimum absolute atomic E-state index is 0.565. The lowest BCUT2D eigenvalue weighted by Gasteiger charge is -2.01. The molecule has 15 heavy (non-hydrogen) atoms. The van der Waals surface area contributed by atoms with Crippen LogP contribution >= 0.6 is 11.3 Å². The molecule has 0 bridgehead atoms. The van der Waals surface area contributed by atoms with Crippen LogP contribution in [0, 0.1) is 6.92 Å². The second-order valence-electron chi connectivity index (χ2n) is 3.34. The molecule has 2 N–H and O–H groups in total. The first-order valence-electron chi connectivity index (χ1n) is 4.72. The number of aromatic nitrogens is 2. The second-order valence-corrected chi connectivity index (χ2v) is 4.58. The molecule has 0 aliphatic rings. The second kappa shape index (κ2) is 4.12. The van der Waals surface area contributed by atoms with Crippen LogP contribution in [0.2, 0.25) is 0 Å². The third kappa shape index (κ3) is 2.08. The number of fused-ring (bicyclic) bond motifs is 1. The van der Waals surface area contributed by atoms with Gasteiger partial charge in [0.2, 0.25) is 0 Å². The van der Waals surface area contributed by atoms with E-state index < -0.39 is 0 Å². The van der Waals surface area contributed by atoms with Gasteiger partial charge in [0, 0.05) is 18.4 Å². The predicted molar refractivity (Wildman–Crippen MR) is 62.1 cm³/mol. The lowest BCUT2D eigenvalue weighted by atomic mass is 10.3. The van der Waals surface area contributed by atoms with E-state index in [-0.39, 0.29) is 0 Å². The fourth-order valence-electron chi connectivity index (χ4n) is 1.42. The molecule has 0 saturated carbocycles. The molecule has 0 amide bonds. The maximum atomic E-state index is 5.86. The van der Waals surface area contributed by atoms with Crippen LogP contribution in [0.4, 0.5) is 5.82 Å². The summed E-state index contributed by atoms with van der Waals surface area (Å²) in [5.41, 5.74) is 5.86. The van der Waals surface area contributed by atoms with Crippen LogP contribution in [0.5, 0.6) is 0 Å². The Morgan fingerprint density at radius 2 is 2.27 bits per heavy atom. The van der Waals surface area contributed by atoms with E-state index in [9.17, 15) is 0 Å². The minimum Gasteiger partial charge on any atom is -0.384 e. The zero-order valence-electron chi connectivity index (χ0n) is 8.78. The first-order valence-corrected chi connectivity index (χ1v) is 5.54. The topological polar surface area (TPSA) is 61.0 Å². The highest BCUT2D eigenvalue weighted by atomic mass is 32.1. The lowest BCUT2D eigenvalue weighted by molar-refractivity contribution is 0.200.